The van der Waals surface area contributed by atoms with Gasteiger partial charge >= 0.3 is 5.97 Å². The maximum absolute atomic E-state index is 11.5. The van der Waals surface area contributed by atoms with Gasteiger partial charge in [0.05, 0.1) is 0 Å². The number of ether oxygens (including phenoxy) is 1. The van der Waals surface area contributed by atoms with E-state index in [1.165, 1.54) is 57.8 Å². The number of carbonyl (C=O) groups is 1. The van der Waals surface area contributed by atoms with Crippen molar-refractivity contribution in [3.8, 4) is 0 Å². The zero-order valence-electron chi connectivity index (χ0n) is 20.0. The Hall–Kier alpha value is -0.570. The average Bonchev–Trinajstić information content (AvgIpc) is 3.02. The number of esters is 1. The summed E-state index contributed by atoms with van der Waals surface area (Å²) in [4.78, 5) is 11.5. The van der Waals surface area contributed by atoms with Gasteiger partial charge in [0.2, 0.25) is 0 Å². The molecule has 9 atom stereocenters. The van der Waals surface area contributed by atoms with Crippen molar-refractivity contribution in [3.05, 3.63) is 0 Å². The van der Waals surface area contributed by atoms with E-state index in [1.807, 2.05) is 0 Å². The van der Waals surface area contributed by atoms with E-state index in [2.05, 4.69) is 20.8 Å². The molecule has 3 nitrogen and oxygen atoms in total. The van der Waals surface area contributed by atoms with Crippen molar-refractivity contribution in [2.24, 2.45) is 46.3 Å². The molecule has 0 spiro atoms. The molecule has 4 rings (SSSR count). The van der Waals surface area contributed by atoms with Crippen LogP contribution in [0.1, 0.15) is 105 Å². The van der Waals surface area contributed by atoms with Crippen LogP contribution in [0.4, 0.5) is 0 Å². The van der Waals surface area contributed by atoms with Crippen LogP contribution >= 0.6 is 0 Å². The maximum atomic E-state index is 11.5. The second-order valence-electron chi connectivity index (χ2n) is 12.4. The Bertz CT molecular complexity index is 617. The Balaban J connectivity index is 1.42. The molecule has 4 aliphatic carbocycles. The summed E-state index contributed by atoms with van der Waals surface area (Å²) in [6.45, 7) is 9.53. The van der Waals surface area contributed by atoms with Gasteiger partial charge in [-0.1, -0.05) is 20.8 Å². The molecule has 1 N–H and O–H groups in total. The molecule has 9 unspecified atom stereocenters. The van der Waals surface area contributed by atoms with E-state index in [9.17, 15) is 4.79 Å². The molecule has 0 amide bonds. The molecule has 0 saturated heterocycles. The summed E-state index contributed by atoms with van der Waals surface area (Å²) in [7, 11) is 0. The van der Waals surface area contributed by atoms with E-state index in [1.54, 1.807) is 6.92 Å². The number of rotatable bonds is 6. The lowest BCUT2D eigenvalue weighted by Crippen LogP contribution is -2.53. The summed E-state index contributed by atoms with van der Waals surface area (Å²) < 4.78 is 5.63. The van der Waals surface area contributed by atoms with Gasteiger partial charge in [0, 0.05) is 13.5 Å². The Morgan fingerprint density at radius 2 is 1.90 bits per heavy atom. The van der Waals surface area contributed by atoms with Crippen LogP contribution in [0.15, 0.2) is 0 Å². The zero-order chi connectivity index (χ0) is 21.5. The van der Waals surface area contributed by atoms with Gasteiger partial charge < -0.3 is 9.84 Å². The molecule has 4 fully saturated rings. The van der Waals surface area contributed by atoms with Crippen LogP contribution in [-0.2, 0) is 9.53 Å². The smallest absolute Gasteiger partial charge is 0.302 e. The van der Waals surface area contributed by atoms with Crippen LogP contribution in [0, 0.1) is 46.3 Å². The van der Waals surface area contributed by atoms with Crippen LogP contribution in [0.3, 0.4) is 0 Å². The monoisotopic (exact) mass is 418 g/mol. The molecule has 0 aliphatic heterocycles. The van der Waals surface area contributed by atoms with Crippen LogP contribution in [0.25, 0.3) is 0 Å². The molecule has 4 aliphatic rings. The van der Waals surface area contributed by atoms with Gasteiger partial charge in [-0.05, 0) is 123 Å². The summed E-state index contributed by atoms with van der Waals surface area (Å²) in [6, 6.07) is 0. The first kappa shape index (κ1) is 22.6. The number of aliphatic hydroxyl groups is 1. The van der Waals surface area contributed by atoms with Crippen LogP contribution in [0.2, 0.25) is 0 Å². The summed E-state index contributed by atoms with van der Waals surface area (Å²) in [5.41, 5.74) is 1.04. The Morgan fingerprint density at radius 3 is 2.63 bits per heavy atom. The maximum Gasteiger partial charge on any atom is 0.302 e. The Morgan fingerprint density at radius 1 is 1.10 bits per heavy atom. The summed E-state index contributed by atoms with van der Waals surface area (Å²) in [5, 5.41) is 9.17. The minimum absolute atomic E-state index is 0.101. The number of aliphatic hydroxyl groups excluding tert-OH is 1. The van der Waals surface area contributed by atoms with Crippen LogP contribution in [0.5, 0.6) is 0 Å². The summed E-state index contributed by atoms with van der Waals surface area (Å²) >= 11 is 0. The number of hydrogen-bond acceptors (Lipinski definition) is 3. The van der Waals surface area contributed by atoms with E-state index in [0.29, 0.717) is 17.4 Å². The van der Waals surface area contributed by atoms with Crippen LogP contribution in [-0.4, -0.2) is 23.8 Å². The predicted molar refractivity (Wildman–Crippen MR) is 121 cm³/mol. The SMILES string of the molecule is CC(=O)OC1CCC2(C)C(CCC3C4CC(CC(C)CCCO)CC4(C)CCC32)C1. The summed E-state index contributed by atoms with van der Waals surface area (Å²) in [5.74, 6) is 5.04. The van der Waals surface area contributed by atoms with E-state index in [4.69, 9.17) is 9.84 Å². The van der Waals surface area contributed by atoms with E-state index < -0.39 is 0 Å². The van der Waals surface area contributed by atoms with Crippen molar-refractivity contribution >= 4 is 5.97 Å². The molecule has 3 heteroatoms. The van der Waals surface area contributed by atoms with Crippen molar-refractivity contribution in [1.29, 1.82) is 0 Å². The first-order valence-electron chi connectivity index (χ1n) is 13.0. The lowest BCUT2D eigenvalue weighted by atomic mass is 9.45. The highest BCUT2D eigenvalue weighted by atomic mass is 16.5. The first-order chi connectivity index (χ1) is 14.2. The molecule has 0 aromatic carbocycles. The third-order valence-electron chi connectivity index (χ3n) is 10.4. The minimum Gasteiger partial charge on any atom is -0.463 e. The topological polar surface area (TPSA) is 46.5 Å². The molecular weight excluding hydrogens is 372 g/mol. The van der Waals surface area contributed by atoms with Gasteiger partial charge in [-0.3, -0.25) is 4.79 Å². The average molecular weight is 419 g/mol. The van der Waals surface area contributed by atoms with Gasteiger partial charge in [-0.2, -0.15) is 0 Å². The second-order valence-corrected chi connectivity index (χ2v) is 12.4. The number of carbonyl (C=O) groups excluding carboxylic acids is 1. The third-order valence-corrected chi connectivity index (χ3v) is 10.4. The highest BCUT2D eigenvalue weighted by Crippen LogP contribution is 2.67. The zero-order valence-corrected chi connectivity index (χ0v) is 20.0. The van der Waals surface area contributed by atoms with Crippen molar-refractivity contribution in [2.75, 3.05) is 6.61 Å². The van der Waals surface area contributed by atoms with Gasteiger partial charge in [-0.25, -0.2) is 0 Å². The Kier molecular flexibility index (Phi) is 6.60. The van der Waals surface area contributed by atoms with Gasteiger partial charge in [0.25, 0.3) is 0 Å². The van der Waals surface area contributed by atoms with Gasteiger partial charge in [0.15, 0.2) is 0 Å². The molecule has 0 aromatic rings. The first-order valence-corrected chi connectivity index (χ1v) is 13.0. The number of fused-ring (bicyclic) bond motifs is 5. The van der Waals surface area contributed by atoms with Crippen molar-refractivity contribution in [3.63, 3.8) is 0 Å². The molecule has 4 saturated carbocycles. The van der Waals surface area contributed by atoms with Gasteiger partial charge in [-0.15, -0.1) is 0 Å². The van der Waals surface area contributed by atoms with Crippen LogP contribution < -0.4 is 0 Å². The van der Waals surface area contributed by atoms with Crippen molar-refractivity contribution in [2.45, 2.75) is 111 Å². The fraction of sp³-hybridized carbons (Fsp3) is 0.963. The second kappa shape index (κ2) is 8.75. The molecule has 0 aromatic heterocycles. The van der Waals surface area contributed by atoms with E-state index in [-0.39, 0.29) is 12.1 Å². The molecular formula is C27H46O3. The molecule has 0 heterocycles. The highest BCUT2D eigenvalue weighted by Gasteiger charge is 2.59. The quantitative estimate of drug-likeness (QED) is 0.509. The Labute approximate surface area is 184 Å². The fourth-order valence-electron chi connectivity index (χ4n) is 9.08. The largest absolute Gasteiger partial charge is 0.463 e. The van der Waals surface area contributed by atoms with Crippen molar-refractivity contribution < 1.29 is 14.6 Å². The highest BCUT2D eigenvalue weighted by molar-refractivity contribution is 5.66. The normalized spacial score (nSPS) is 46.4. The minimum atomic E-state index is -0.101. The van der Waals surface area contributed by atoms with E-state index in [0.717, 1.165) is 54.8 Å². The standard InChI is InChI=1S/C27H46O3/c1-18(6-5-13-28)14-20-15-25-23-8-7-21-16-22(30-19(2)29)9-12-27(21,4)24(23)10-11-26(25,3)17-20/h18,20-25,28H,5-17H2,1-4H3. The third kappa shape index (κ3) is 4.21. The summed E-state index contributed by atoms with van der Waals surface area (Å²) in [6.07, 6.45) is 15.6. The molecule has 0 bridgehead atoms. The van der Waals surface area contributed by atoms with E-state index >= 15 is 0 Å². The van der Waals surface area contributed by atoms with Gasteiger partial charge in [0.1, 0.15) is 6.10 Å². The molecule has 172 valence electrons. The predicted octanol–water partition coefficient (Wildman–Crippen LogP) is 6.38. The lowest BCUT2D eigenvalue weighted by Gasteiger charge is -2.60. The number of hydrogen-bond donors (Lipinski definition) is 1. The van der Waals surface area contributed by atoms with Crippen molar-refractivity contribution in [1.82, 2.24) is 0 Å². The lowest BCUT2D eigenvalue weighted by molar-refractivity contribution is -0.159. The molecule has 0 radical (unpaired) electrons. The fourth-order valence-corrected chi connectivity index (χ4v) is 9.08. The molecule has 30 heavy (non-hydrogen) atoms.